The number of hydrogen-bond donors (Lipinski definition) is 2. The molecule has 10 heteroatoms. The Kier molecular flexibility index (Phi) is 7.02. The summed E-state index contributed by atoms with van der Waals surface area (Å²) in [6.07, 6.45) is 0. The fraction of sp³-hybridized carbons (Fsp3) is 0.240. The maximum Gasteiger partial charge on any atom is 0.329 e. The van der Waals surface area contributed by atoms with Crippen LogP contribution in [0.25, 0.3) is 17.1 Å². The fourth-order valence-corrected chi connectivity index (χ4v) is 4.49. The van der Waals surface area contributed by atoms with Gasteiger partial charge in [-0.05, 0) is 25.0 Å². The standard InChI is InChI=1S/C25H26N6O3S/c1-15(2)13-30-21(26)20(23(33)27-24(30)34)19(32)14-35-25-29-28-22(17-7-5-4-6-8-17)31(25)18-11-9-16(3)10-12-18/h4-12,15H,13-14,26H2,1-3H3,(H,27,33,34). The topological polar surface area (TPSA) is 129 Å². The zero-order valence-corrected chi connectivity index (χ0v) is 20.5. The average molecular weight is 491 g/mol. The predicted molar refractivity (Wildman–Crippen MR) is 137 cm³/mol. The number of nitrogens with two attached hydrogens (primary N) is 1. The molecule has 0 saturated carbocycles. The minimum Gasteiger partial charge on any atom is -0.384 e. The zero-order valence-electron chi connectivity index (χ0n) is 19.7. The Hall–Kier alpha value is -3.92. The lowest BCUT2D eigenvalue weighted by Gasteiger charge is -2.14. The molecule has 3 N–H and O–H groups in total. The third kappa shape index (κ3) is 5.12. The van der Waals surface area contributed by atoms with Gasteiger partial charge in [0.2, 0.25) is 0 Å². The number of nitrogens with one attached hydrogen (secondary N) is 1. The molecule has 180 valence electrons. The summed E-state index contributed by atoms with van der Waals surface area (Å²) in [6, 6.07) is 17.5. The molecule has 0 atom stereocenters. The summed E-state index contributed by atoms with van der Waals surface area (Å²) in [7, 11) is 0. The normalized spacial score (nSPS) is 11.2. The van der Waals surface area contributed by atoms with Gasteiger partial charge in [-0.3, -0.25) is 23.7 Å². The first-order chi connectivity index (χ1) is 16.8. The predicted octanol–water partition coefficient (Wildman–Crippen LogP) is 3.31. The van der Waals surface area contributed by atoms with Crippen molar-refractivity contribution in [1.29, 1.82) is 0 Å². The second-order valence-electron chi connectivity index (χ2n) is 8.58. The van der Waals surface area contributed by atoms with Gasteiger partial charge in [0.15, 0.2) is 16.8 Å². The maximum absolute atomic E-state index is 13.1. The second kappa shape index (κ2) is 10.1. The smallest absolute Gasteiger partial charge is 0.329 e. The average Bonchev–Trinajstić information content (AvgIpc) is 3.25. The molecule has 2 heterocycles. The van der Waals surface area contributed by atoms with E-state index < -0.39 is 17.0 Å². The Bertz CT molecular complexity index is 1470. The number of H-pyrrole nitrogens is 1. The van der Waals surface area contributed by atoms with Crippen molar-refractivity contribution in [2.45, 2.75) is 32.5 Å². The van der Waals surface area contributed by atoms with Crippen molar-refractivity contribution in [2.75, 3.05) is 11.5 Å². The molecule has 0 amide bonds. The van der Waals surface area contributed by atoms with E-state index in [0.717, 1.165) is 28.6 Å². The molecule has 2 aromatic heterocycles. The summed E-state index contributed by atoms with van der Waals surface area (Å²) in [5, 5.41) is 9.19. The van der Waals surface area contributed by atoms with Crippen molar-refractivity contribution in [3.05, 3.63) is 86.6 Å². The van der Waals surface area contributed by atoms with Gasteiger partial charge < -0.3 is 5.73 Å². The SMILES string of the molecule is Cc1ccc(-n2c(SCC(=O)c3c(N)n(CC(C)C)c(=O)[nH]c3=O)nnc2-c2ccccc2)cc1. The molecular weight excluding hydrogens is 464 g/mol. The highest BCUT2D eigenvalue weighted by molar-refractivity contribution is 7.99. The third-order valence-corrected chi connectivity index (χ3v) is 6.29. The van der Waals surface area contributed by atoms with E-state index in [4.69, 9.17) is 5.73 Å². The summed E-state index contributed by atoms with van der Waals surface area (Å²) in [5.41, 5.74) is 7.29. The van der Waals surface area contributed by atoms with Gasteiger partial charge in [-0.15, -0.1) is 10.2 Å². The first-order valence-electron chi connectivity index (χ1n) is 11.1. The largest absolute Gasteiger partial charge is 0.384 e. The summed E-state index contributed by atoms with van der Waals surface area (Å²) in [6.45, 7) is 6.12. The molecule has 4 aromatic rings. The monoisotopic (exact) mass is 490 g/mol. The number of carbonyl (C=O) groups is 1. The van der Waals surface area contributed by atoms with Crippen LogP contribution in [0.2, 0.25) is 0 Å². The number of Topliss-reactive ketones (excluding diaryl/α,β-unsaturated/α-hetero) is 1. The fourth-order valence-electron chi connectivity index (χ4n) is 3.67. The van der Waals surface area contributed by atoms with Crippen LogP contribution in [0.15, 0.2) is 69.3 Å². The Morgan fingerprint density at radius 3 is 2.40 bits per heavy atom. The molecular formula is C25H26N6O3S. The molecule has 35 heavy (non-hydrogen) atoms. The van der Waals surface area contributed by atoms with E-state index in [1.54, 1.807) is 0 Å². The van der Waals surface area contributed by atoms with Crippen LogP contribution in [-0.2, 0) is 6.54 Å². The highest BCUT2D eigenvalue weighted by atomic mass is 32.2. The van der Waals surface area contributed by atoms with Gasteiger partial charge in [0, 0.05) is 17.8 Å². The Balaban J connectivity index is 1.69. The van der Waals surface area contributed by atoms with Crippen LogP contribution in [0, 0.1) is 12.8 Å². The number of aromatic amines is 1. The van der Waals surface area contributed by atoms with Crippen molar-refractivity contribution >= 4 is 23.4 Å². The Morgan fingerprint density at radius 1 is 1.06 bits per heavy atom. The first kappa shape index (κ1) is 24.2. The number of nitrogens with zero attached hydrogens (tertiary/aromatic N) is 4. The number of ketones is 1. The zero-order chi connectivity index (χ0) is 25.1. The Labute approximate surface area is 206 Å². The maximum atomic E-state index is 13.1. The van der Waals surface area contributed by atoms with Crippen LogP contribution in [-0.4, -0.2) is 35.9 Å². The van der Waals surface area contributed by atoms with Gasteiger partial charge in [0.05, 0.1) is 5.75 Å². The summed E-state index contributed by atoms with van der Waals surface area (Å²) in [5.74, 6) is 0.00955. The molecule has 0 unspecified atom stereocenters. The number of nitrogen functional groups attached to an aromatic ring is 1. The van der Waals surface area contributed by atoms with E-state index in [9.17, 15) is 14.4 Å². The van der Waals surface area contributed by atoms with Crippen LogP contribution < -0.4 is 17.0 Å². The molecule has 0 aliphatic carbocycles. The quantitative estimate of drug-likeness (QED) is 0.286. The van der Waals surface area contributed by atoms with Gasteiger partial charge in [-0.1, -0.05) is 73.6 Å². The van der Waals surface area contributed by atoms with E-state index in [2.05, 4.69) is 15.2 Å². The summed E-state index contributed by atoms with van der Waals surface area (Å²) >= 11 is 1.15. The minimum absolute atomic E-state index is 0.0997. The van der Waals surface area contributed by atoms with Crippen molar-refractivity contribution in [3.63, 3.8) is 0 Å². The number of benzene rings is 2. The van der Waals surface area contributed by atoms with Gasteiger partial charge >= 0.3 is 5.69 Å². The van der Waals surface area contributed by atoms with Crippen molar-refractivity contribution in [3.8, 4) is 17.1 Å². The van der Waals surface area contributed by atoms with Crippen molar-refractivity contribution < 1.29 is 4.79 Å². The molecule has 9 nitrogen and oxygen atoms in total. The lowest BCUT2D eigenvalue weighted by molar-refractivity contribution is 0.102. The van der Waals surface area contributed by atoms with Crippen LogP contribution in [0.5, 0.6) is 0 Å². The van der Waals surface area contributed by atoms with Gasteiger partial charge in [0.25, 0.3) is 5.56 Å². The number of carbonyl (C=O) groups excluding carboxylic acids is 1. The van der Waals surface area contributed by atoms with E-state index in [0.29, 0.717) is 11.0 Å². The molecule has 2 aromatic carbocycles. The molecule has 0 bridgehead atoms. The van der Waals surface area contributed by atoms with Crippen LogP contribution in [0.3, 0.4) is 0 Å². The summed E-state index contributed by atoms with van der Waals surface area (Å²) < 4.78 is 3.10. The first-order valence-corrected chi connectivity index (χ1v) is 12.1. The van der Waals surface area contributed by atoms with Gasteiger partial charge in [-0.25, -0.2) is 4.79 Å². The van der Waals surface area contributed by atoms with Crippen molar-refractivity contribution in [1.82, 2.24) is 24.3 Å². The van der Waals surface area contributed by atoms with Crippen LogP contribution in [0.4, 0.5) is 5.82 Å². The van der Waals surface area contributed by atoms with Crippen LogP contribution in [0.1, 0.15) is 29.8 Å². The molecule has 0 aliphatic rings. The van der Waals surface area contributed by atoms with Gasteiger partial charge in [-0.2, -0.15) is 0 Å². The lowest BCUT2D eigenvalue weighted by atomic mass is 10.2. The number of rotatable bonds is 8. The highest BCUT2D eigenvalue weighted by Gasteiger charge is 2.22. The van der Waals surface area contributed by atoms with E-state index in [1.165, 1.54) is 4.57 Å². The number of hydrogen-bond acceptors (Lipinski definition) is 7. The highest BCUT2D eigenvalue weighted by Crippen LogP contribution is 2.28. The van der Waals surface area contributed by atoms with E-state index >= 15 is 0 Å². The number of thioether (sulfide) groups is 1. The third-order valence-electron chi connectivity index (χ3n) is 5.36. The molecule has 0 spiro atoms. The molecule has 0 saturated heterocycles. The molecule has 4 rings (SSSR count). The number of anilines is 1. The molecule has 0 radical (unpaired) electrons. The molecule has 0 aliphatic heterocycles. The van der Waals surface area contributed by atoms with E-state index in [-0.39, 0.29) is 29.6 Å². The Morgan fingerprint density at radius 2 is 1.74 bits per heavy atom. The number of aryl methyl sites for hydroxylation is 1. The lowest BCUT2D eigenvalue weighted by Crippen LogP contribution is -2.37. The second-order valence-corrected chi connectivity index (χ2v) is 9.52. The number of aromatic nitrogens is 5. The van der Waals surface area contributed by atoms with Crippen molar-refractivity contribution in [2.24, 2.45) is 5.92 Å². The van der Waals surface area contributed by atoms with Crippen LogP contribution >= 0.6 is 11.8 Å². The van der Waals surface area contributed by atoms with E-state index in [1.807, 2.05) is 79.9 Å². The summed E-state index contributed by atoms with van der Waals surface area (Å²) in [4.78, 5) is 39.9. The minimum atomic E-state index is -0.789. The van der Waals surface area contributed by atoms with Gasteiger partial charge in [0.1, 0.15) is 11.4 Å². The molecule has 0 fully saturated rings.